The summed E-state index contributed by atoms with van der Waals surface area (Å²) in [6.45, 7) is 14.8. The number of anilines is 2. The van der Waals surface area contributed by atoms with E-state index in [0.717, 1.165) is 19.0 Å². The molecule has 2 atom stereocenters. The predicted octanol–water partition coefficient (Wildman–Crippen LogP) is 6.86. The average molecular weight is 504 g/mol. The number of ether oxygens (including phenoxy) is 1. The van der Waals surface area contributed by atoms with E-state index in [9.17, 15) is 0 Å². The molecular formula is C30H50ClN3O. The van der Waals surface area contributed by atoms with Gasteiger partial charge >= 0.3 is 0 Å². The molecule has 4 aliphatic rings. The van der Waals surface area contributed by atoms with Crippen molar-refractivity contribution < 1.29 is 4.74 Å². The van der Waals surface area contributed by atoms with E-state index in [4.69, 9.17) is 4.74 Å². The fraction of sp³-hybridized carbons (Fsp3) is 0.800. The van der Waals surface area contributed by atoms with Gasteiger partial charge in [-0.15, -0.1) is 12.4 Å². The van der Waals surface area contributed by atoms with E-state index in [1.807, 2.05) is 0 Å². The Morgan fingerprint density at radius 2 is 1.54 bits per heavy atom. The van der Waals surface area contributed by atoms with E-state index in [1.54, 1.807) is 11.3 Å². The fourth-order valence-corrected chi connectivity index (χ4v) is 7.50. The van der Waals surface area contributed by atoms with Gasteiger partial charge in [-0.1, -0.05) is 26.2 Å². The molecule has 4 fully saturated rings. The summed E-state index contributed by atoms with van der Waals surface area (Å²) in [4.78, 5) is 7.97. The maximum atomic E-state index is 6.04. The Bertz CT molecular complexity index is 783. The zero-order valence-electron chi connectivity index (χ0n) is 22.6. The largest absolute Gasteiger partial charge is 0.372 e. The van der Waals surface area contributed by atoms with Crippen LogP contribution in [0.15, 0.2) is 18.2 Å². The smallest absolute Gasteiger partial charge is 0.0726 e. The molecule has 0 amide bonds. The molecule has 2 unspecified atom stereocenters. The van der Waals surface area contributed by atoms with Gasteiger partial charge in [0.15, 0.2) is 0 Å². The van der Waals surface area contributed by atoms with Crippen LogP contribution < -0.4 is 9.80 Å². The number of hydrogen-bond acceptors (Lipinski definition) is 4. The summed E-state index contributed by atoms with van der Waals surface area (Å²) < 4.78 is 6.04. The summed E-state index contributed by atoms with van der Waals surface area (Å²) in [5.41, 5.74) is 5.32. The van der Waals surface area contributed by atoms with Crippen LogP contribution in [0.2, 0.25) is 0 Å². The molecule has 1 aromatic carbocycles. The Kier molecular flexibility index (Phi) is 9.32. The van der Waals surface area contributed by atoms with Crippen LogP contribution in [0.4, 0.5) is 11.4 Å². The molecule has 2 heterocycles. The molecule has 1 spiro atoms. The van der Waals surface area contributed by atoms with Crippen molar-refractivity contribution in [3.63, 3.8) is 0 Å². The van der Waals surface area contributed by atoms with Gasteiger partial charge in [-0.05, 0) is 100 Å². The third-order valence-electron chi connectivity index (χ3n) is 9.49. The Morgan fingerprint density at radius 3 is 2.17 bits per heavy atom. The Balaban J connectivity index is 0.00000289. The Labute approximate surface area is 221 Å². The highest BCUT2D eigenvalue weighted by atomic mass is 35.5. The maximum absolute atomic E-state index is 6.04. The van der Waals surface area contributed by atoms with Gasteiger partial charge in [0.05, 0.1) is 12.2 Å². The quantitative estimate of drug-likeness (QED) is 0.422. The second kappa shape index (κ2) is 12.0. The monoisotopic (exact) mass is 503 g/mol. The molecule has 5 rings (SSSR count). The molecule has 1 aromatic rings. The van der Waals surface area contributed by atoms with Crippen molar-refractivity contribution in [2.24, 2.45) is 5.41 Å². The molecule has 35 heavy (non-hydrogen) atoms. The lowest BCUT2D eigenvalue weighted by Crippen LogP contribution is -2.47. The van der Waals surface area contributed by atoms with Crippen molar-refractivity contribution in [3.05, 3.63) is 23.8 Å². The van der Waals surface area contributed by atoms with Crippen LogP contribution in [0.25, 0.3) is 0 Å². The minimum atomic E-state index is 0. The van der Waals surface area contributed by atoms with Crippen molar-refractivity contribution in [1.29, 1.82) is 0 Å². The van der Waals surface area contributed by atoms with E-state index in [0.29, 0.717) is 17.6 Å². The lowest BCUT2D eigenvalue weighted by Gasteiger charge is -2.42. The van der Waals surface area contributed by atoms with Crippen molar-refractivity contribution in [2.75, 3.05) is 55.6 Å². The Hall–Kier alpha value is -0.970. The van der Waals surface area contributed by atoms with Crippen molar-refractivity contribution in [3.8, 4) is 0 Å². The van der Waals surface area contributed by atoms with Gasteiger partial charge in [0, 0.05) is 50.6 Å². The molecule has 5 heteroatoms. The average Bonchev–Trinajstić information content (AvgIpc) is 3.30. The normalized spacial score (nSPS) is 27.9. The van der Waals surface area contributed by atoms with Gasteiger partial charge in [0.25, 0.3) is 0 Å². The standard InChI is InChI=1S/C30H49N3O.ClH/c1-4-5-16-31-17-19-32(20-18-31)29-9-8-27(33-22-24(2)34-25(3)23-33)21-28(29)26-10-14-30(15-11-26)12-6-7-13-30;/h8-9,21,24-26H,4-7,10-20,22-23H2,1-3H3;1H. The SMILES string of the molecule is CCCCN1CCN(c2ccc(N3CC(C)OC(C)C3)cc2C2CCC3(CCCC3)CC2)CC1.Cl. The summed E-state index contributed by atoms with van der Waals surface area (Å²) in [7, 11) is 0. The highest BCUT2D eigenvalue weighted by Gasteiger charge is 2.38. The van der Waals surface area contributed by atoms with E-state index in [-0.39, 0.29) is 12.4 Å². The molecule has 0 radical (unpaired) electrons. The molecule has 0 N–H and O–H groups in total. The van der Waals surface area contributed by atoms with Crippen LogP contribution in [0.3, 0.4) is 0 Å². The van der Waals surface area contributed by atoms with Crippen LogP contribution in [-0.4, -0.2) is 62.9 Å². The second-order valence-electron chi connectivity index (χ2n) is 12.1. The van der Waals surface area contributed by atoms with E-state index in [1.165, 1.54) is 103 Å². The highest BCUT2D eigenvalue weighted by molar-refractivity contribution is 5.85. The molecule has 0 bridgehead atoms. The van der Waals surface area contributed by atoms with Gasteiger partial charge in [-0.25, -0.2) is 0 Å². The lowest BCUT2D eigenvalue weighted by molar-refractivity contribution is -0.00522. The first kappa shape index (κ1) is 27.1. The number of halogens is 1. The third kappa shape index (κ3) is 6.30. The third-order valence-corrected chi connectivity index (χ3v) is 9.49. The molecule has 198 valence electrons. The number of benzene rings is 1. The van der Waals surface area contributed by atoms with Gasteiger partial charge in [0.1, 0.15) is 0 Å². The molecule has 2 saturated heterocycles. The number of nitrogens with zero attached hydrogens (tertiary/aromatic N) is 3. The predicted molar refractivity (Wildman–Crippen MR) is 152 cm³/mol. The zero-order valence-corrected chi connectivity index (χ0v) is 23.5. The highest BCUT2D eigenvalue weighted by Crippen LogP contribution is 2.53. The first-order valence-electron chi connectivity index (χ1n) is 14.6. The first-order chi connectivity index (χ1) is 16.5. The summed E-state index contributed by atoms with van der Waals surface area (Å²) in [5.74, 6) is 0.732. The molecule has 2 saturated carbocycles. The van der Waals surface area contributed by atoms with E-state index < -0.39 is 0 Å². The van der Waals surface area contributed by atoms with Crippen LogP contribution >= 0.6 is 12.4 Å². The number of rotatable bonds is 6. The zero-order chi connectivity index (χ0) is 23.5. The van der Waals surface area contributed by atoms with Crippen molar-refractivity contribution in [1.82, 2.24) is 4.90 Å². The number of hydrogen-bond donors (Lipinski definition) is 0. The summed E-state index contributed by atoms with van der Waals surface area (Å²) >= 11 is 0. The van der Waals surface area contributed by atoms with Gasteiger partial charge in [0.2, 0.25) is 0 Å². The summed E-state index contributed by atoms with van der Waals surface area (Å²) in [6, 6.07) is 7.49. The van der Waals surface area contributed by atoms with Crippen molar-refractivity contribution in [2.45, 2.75) is 103 Å². The molecule has 2 aliphatic heterocycles. The van der Waals surface area contributed by atoms with E-state index in [2.05, 4.69) is 53.7 Å². The van der Waals surface area contributed by atoms with Gasteiger partial charge < -0.3 is 14.5 Å². The first-order valence-corrected chi connectivity index (χ1v) is 14.6. The number of unbranched alkanes of at least 4 members (excludes halogenated alkanes) is 1. The van der Waals surface area contributed by atoms with E-state index >= 15 is 0 Å². The van der Waals surface area contributed by atoms with Gasteiger partial charge in [-0.2, -0.15) is 0 Å². The molecular weight excluding hydrogens is 454 g/mol. The molecule has 0 aromatic heterocycles. The summed E-state index contributed by atoms with van der Waals surface area (Å²) in [6.07, 6.45) is 14.9. The number of morpholine rings is 1. The summed E-state index contributed by atoms with van der Waals surface area (Å²) in [5, 5.41) is 0. The minimum Gasteiger partial charge on any atom is -0.372 e. The van der Waals surface area contributed by atoms with Crippen LogP contribution in [-0.2, 0) is 4.74 Å². The number of piperazine rings is 1. The van der Waals surface area contributed by atoms with Crippen molar-refractivity contribution >= 4 is 23.8 Å². The fourth-order valence-electron chi connectivity index (χ4n) is 7.50. The maximum Gasteiger partial charge on any atom is 0.0726 e. The van der Waals surface area contributed by atoms with Crippen LogP contribution in [0.5, 0.6) is 0 Å². The lowest BCUT2D eigenvalue weighted by atomic mass is 9.68. The van der Waals surface area contributed by atoms with Crippen LogP contribution in [0, 0.1) is 5.41 Å². The molecule has 2 aliphatic carbocycles. The molecule has 4 nitrogen and oxygen atoms in total. The Morgan fingerprint density at radius 1 is 0.886 bits per heavy atom. The minimum absolute atomic E-state index is 0. The van der Waals surface area contributed by atoms with Crippen LogP contribution in [0.1, 0.15) is 96.5 Å². The topological polar surface area (TPSA) is 19.0 Å². The van der Waals surface area contributed by atoms with Gasteiger partial charge in [-0.3, -0.25) is 4.90 Å². The second-order valence-corrected chi connectivity index (χ2v) is 12.1.